The summed E-state index contributed by atoms with van der Waals surface area (Å²) in [7, 11) is 0. The largest absolute Gasteiger partial charge is 3.00 e. The average Bonchev–Trinajstić information content (AvgIpc) is 3.13. The van der Waals surface area contributed by atoms with Gasteiger partial charge in [-0.2, -0.15) is 11.1 Å². The van der Waals surface area contributed by atoms with Crippen LogP contribution in [0.3, 0.4) is 0 Å². The molecule has 28 heavy (non-hydrogen) atoms. The van der Waals surface area contributed by atoms with E-state index in [4.69, 9.17) is 0 Å². The number of hydrogen-bond acceptors (Lipinski definition) is 0. The predicted octanol–water partition coefficient (Wildman–Crippen LogP) is 0.936. The number of rotatable bonds is 2. The Balaban J connectivity index is 0.00000131. The van der Waals surface area contributed by atoms with E-state index in [0.29, 0.717) is 11.8 Å². The molecule has 145 valence electrons. The fourth-order valence-electron chi connectivity index (χ4n) is 4.63. The summed E-state index contributed by atoms with van der Waals surface area (Å²) in [6.07, 6.45) is 4.80. The molecular weight excluding hydrogens is 462 g/mol. The first kappa shape index (κ1) is 25.4. The van der Waals surface area contributed by atoms with Crippen LogP contribution >= 0.6 is 0 Å². The summed E-state index contributed by atoms with van der Waals surface area (Å²) in [4.78, 5) is 0. The van der Waals surface area contributed by atoms with Crippen LogP contribution in [0.25, 0.3) is 11.1 Å². The minimum absolute atomic E-state index is 0. The van der Waals surface area contributed by atoms with Crippen LogP contribution in [0, 0.1) is 17.4 Å². The minimum Gasteiger partial charge on any atom is -1.00 e. The molecule has 0 amide bonds. The first-order chi connectivity index (χ1) is 11.9. The predicted molar refractivity (Wildman–Crippen MR) is 106 cm³/mol. The van der Waals surface area contributed by atoms with Gasteiger partial charge in [-0.15, -0.1) is 6.42 Å². The van der Waals surface area contributed by atoms with Crippen LogP contribution in [0.2, 0.25) is 0 Å². The number of allylic oxidation sites excluding steroid dienone is 4. The molecule has 0 fully saturated rings. The summed E-state index contributed by atoms with van der Waals surface area (Å²) in [5.74, 6) is 0.906. The van der Waals surface area contributed by atoms with Crippen LogP contribution in [0.15, 0.2) is 65.3 Å². The maximum Gasteiger partial charge on any atom is 3.00 e. The van der Waals surface area contributed by atoms with Gasteiger partial charge in [-0.05, 0) is 28.2 Å². The quantitative estimate of drug-likeness (QED) is 0.551. The molecule has 2 aliphatic carbocycles. The molecule has 0 heterocycles. The molecule has 2 aromatic rings. The minimum atomic E-state index is 0. The van der Waals surface area contributed by atoms with Gasteiger partial charge in [0, 0.05) is 5.92 Å². The molecule has 2 aromatic carbocycles. The standard InChI is InChI=1S/C25H27.2ClH.Zr/c1-16(2)17-14-15-22(24(17)25(3,4)5)23-20-12-8-6-10-18(20)19-11-7-9-13-21(19)23;;;/h6-13,16,23H,14H2,1-5H3;2*1H;/q-1;;;+3/p-2. The van der Waals surface area contributed by atoms with Crippen LogP contribution in [-0.2, 0) is 26.2 Å². The molecule has 0 aliphatic heterocycles. The Morgan fingerprint density at radius 2 is 1.32 bits per heavy atom. The Kier molecular flexibility index (Phi) is 8.59. The Hall–Kier alpha value is -0.617. The van der Waals surface area contributed by atoms with Crippen LogP contribution in [0.5, 0.6) is 0 Å². The zero-order valence-electron chi connectivity index (χ0n) is 17.2. The van der Waals surface area contributed by atoms with Gasteiger partial charge >= 0.3 is 26.2 Å². The smallest absolute Gasteiger partial charge is 1.00 e. The maximum atomic E-state index is 3.81. The van der Waals surface area contributed by atoms with E-state index in [1.54, 1.807) is 11.1 Å². The van der Waals surface area contributed by atoms with Crippen molar-refractivity contribution in [2.75, 3.05) is 0 Å². The van der Waals surface area contributed by atoms with E-state index in [1.807, 2.05) is 0 Å². The van der Waals surface area contributed by atoms with Crippen molar-refractivity contribution in [1.82, 2.24) is 0 Å². The molecule has 0 unspecified atom stereocenters. The van der Waals surface area contributed by atoms with Gasteiger partial charge in [-0.3, -0.25) is 6.08 Å². The van der Waals surface area contributed by atoms with Crippen LogP contribution in [0.1, 0.15) is 58.1 Å². The third-order valence-corrected chi connectivity index (χ3v) is 5.63. The SMILES string of the molecule is CC(C)C1=C(C(C)(C)C)C(C2c3ccccc3-c3ccccc32)=[C-]C1.[Cl-].[Cl-].[Zr+3]. The summed E-state index contributed by atoms with van der Waals surface area (Å²) >= 11 is 0. The second-order valence-electron chi connectivity index (χ2n) is 8.68. The Morgan fingerprint density at radius 3 is 1.75 bits per heavy atom. The van der Waals surface area contributed by atoms with Crippen molar-refractivity contribution in [3.05, 3.63) is 82.5 Å². The van der Waals surface area contributed by atoms with Crippen LogP contribution in [0.4, 0.5) is 0 Å². The normalized spacial score (nSPS) is 15.3. The van der Waals surface area contributed by atoms with Gasteiger partial charge in [0.15, 0.2) is 0 Å². The monoisotopic (exact) mass is 487 g/mol. The van der Waals surface area contributed by atoms with E-state index in [2.05, 4.69) is 89.2 Å². The third kappa shape index (κ3) is 4.14. The molecule has 2 aliphatic rings. The van der Waals surface area contributed by atoms with Crippen molar-refractivity contribution in [2.45, 2.75) is 47.0 Å². The van der Waals surface area contributed by atoms with Gasteiger partial charge in [0.1, 0.15) is 0 Å². The Morgan fingerprint density at radius 1 is 0.857 bits per heavy atom. The van der Waals surface area contributed by atoms with Gasteiger partial charge in [0.05, 0.1) is 0 Å². The van der Waals surface area contributed by atoms with E-state index in [9.17, 15) is 0 Å². The van der Waals surface area contributed by atoms with E-state index >= 15 is 0 Å². The van der Waals surface area contributed by atoms with Crippen molar-refractivity contribution < 1.29 is 51.0 Å². The van der Waals surface area contributed by atoms with Crippen LogP contribution < -0.4 is 24.8 Å². The van der Waals surface area contributed by atoms with Gasteiger partial charge in [-0.25, -0.2) is 5.57 Å². The van der Waals surface area contributed by atoms with Gasteiger partial charge in [0.2, 0.25) is 0 Å². The number of fused-ring (bicyclic) bond motifs is 3. The van der Waals surface area contributed by atoms with Crippen molar-refractivity contribution in [3.8, 4) is 11.1 Å². The first-order valence-corrected chi connectivity index (χ1v) is 9.42. The molecule has 4 rings (SSSR count). The number of benzene rings is 2. The molecule has 0 bridgehead atoms. The molecule has 0 saturated carbocycles. The third-order valence-electron chi connectivity index (χ3n) is 5.63. The molecule has 1 radical (unpaired) electrons. The van der Waals surface area contributed by atoms with Crippen molar-refractivity contribution in [3.63, 3.8) is 0 Å². The van der Waals surface area contributed by atoms with E-state index in [-0.39, 0.29) is 56.4 Å². The molecule has 0 spiro atoms. The molecule has 0 aromatic heterocycles. The van der Waals surface area contributed by atoms with Crippen LogP contribution in [-0.4, -0.2) is 0 Å². The Labute approximate surface area is 201 Å². The summed E-state index contributed by atoms with van der Waals surface area (Å²) in [5.41, 5.74) is 10.4. The fraction of sp³-hybridized carbons (Fsp3) is 0.360. The summed E-state index contributed by atoms with van der Waals surface area (Å²) in [6, 6.07) is 17.8. The van der Waals surface area contributed by atoms with E-state index < -0.39 is 0 Å². The zero-order valence-corrected chi connectivity index (χ0v) is 21.2. The number of hydrogen-bond donors (Lipinski definition) is 0. The summed E-state index contributed by atoms with van der Waals surface area (Å²) < 4.78 is 0. The van der Waals surface area contributed by atoms with Crippen molar-refractivity contribution in [1.29, 1.82) is 0 Å². The summed E-state index contributed by atoms with van der Waals surface area (Å²) in [6.45, 7) is 11.7. The van der Waals surface area contributed by atoms with E-state index in [1.165, 1.54) is 27.8 Å². The average molecular weight is 490 g/mol. The van der Waals surface area contributed by atoms with Gasteiger partial charge < -0.3 is 24.8 Å². The molecule has 3 heteroatoms. The molecule has 0 nitrogen and oxygen atoms in total. The topological polar surface area (TPSA) is 0 Å². The van der Waals surface area contributed by atoms with Crippen molar-refractivity contribution >= 4 is 0 Å². The van der Waals surface area contributed by atoms with Gasteiger partial charge in [0.25, 0.3) is 0 Å². The molecular formula is C25H27Cl2Zr. The fourth-order valence-corrected chi connectivity index (χ4v) is 4.63. The van der Waals surface area contributed by atoms with Crippen molar-refractivity contribution in [2.24, 2.45) is 11.3 Å². The molecule has 0 atom stereocenters. The number of halogens is 2. The first-order valence-electron chi connectivity index (χ1n) is 9.42. The maximum absolute atomic E-state index is 3.81. The van der Waals surface area contributed by atoms with E-state index in [0.717, 1.165) is 6.42 Å². The Bertz CT molecular complexity index is 855. The van der Waals surface area contributed by atoms with Gasteiger partial charge in [-0.1, -0.05) is 88.6 Å². The second-order valence-corrected chi connectivity index (χ2v) is 8.68. The molecule has 0 saturated heterocycles. The second kappa shape index (κ2) is 9.46. The summed E-state index contributed by atoms with van der Waals surface area (Å²) in [5, 5.41) is 0. The molecule has 0 N–H and O–H groups in total. The zero-order chi connectivity index (χ0) is 17.8.